The van der Waals surface area contributed by atoms with Crippen molar-refractivity contribution >= 4 is 11.6 Å². The molecule has 0 aliphatic carbocycles. The standard InChI is InChI=1S/C8H18ClNO/c1-8(2)10-5-3-6-11-7-4-9/h8,10H,3-7H2,1-2H3. The van der Waals surface area contributed by atoms with E-state index in [1.807, 2.05) is 0 Å². The van der Waals surface area contributed by atoms with E-state index >= 15 is 0 Å². The molecule has 0 heterocycles. The second kappa shape index (κ2) is 8.31. The number of nitrogens with one attached hydrogen (secondary N) is 1. The molecule has 0 aromatic carbocycles. The van der Waals surface area contributed by atoms with E-state index < -0.39 is 0 Å². The van der Waals surface area contributed by atoms with Crippen LogP contribution in [0.2, 0.25) is 0 Å². The van der Waals surface area contributed by atoms with Gasteiger partial charge in [0.15, 0.2) is 0 Å². The topological polar surface area (TPSA) is 21.3 Å². The lowest BCUT2D eigenvalue weighted by atomic mass is 10.3. The fraction of sp³-hybridized carbons (Fsp3) is 1.00. The molecule has 11 heavy (non-hydrogen) atoms. The average molecular weight is 180 g/mol. The van der Waals surface area contributed by atoms with Gasteiger partial charge in [0.05, 0.1) is 6.61 Å². The van der Waals surface area contributed by atoms with Crippen molar-refractivity contribution < 1.29 is 4.74 Å². The first-order valence-electron chi connectivity index (χ1n) is 4.14. The van der Waals surface area contributed by atoms with Gasteiger partial charge in [-0.1, -0.05) is 13.8 Å². The zero-order chi connectivity index (χ0) is 8.53. The van der Waals surface area contributed by atoms with Gasteiger partial charge in [0, 0.05) is 18.5 Å². The van der Waals surface area contributed by atoms with E-state index in [1.54, 1.807) is 0 Å². The number of hydrogen-bond donors (Lipinski definition) is 1. The molecule has 0 aromatic rings. The molecule has 0 fully saturated rings. The van der Waals surface area contributed by atoms with Crippen LogP contribution in [0.1, 0.15) is 20.3 Å². The van der Waals surface area contributed by atoms with Crippen molar-refractivity contribution in [3.05, 3.63) is 0 Å². The molecule has 0 atom stereocenters. The molecular weight excluding hydrogens is 162 g/mol. The molecule has 2 nitrogen and oxygen atoms in total. The van der Waals surface area contributed by atoms with Crippen molar-refractivity contribution in [2.75, 3.05) is 25.6 Å². The van der Waals surface area contributed by atoms with Crippen molar-refractivity contribution in [3.63, 3.8) is 0 Å². The Bertz CT molecular complexity index is 78.5. The average Bonchev–Trinajstić information content (AvgIpc) is 1.96. The SMILES string of the molecule is CC(C)NCCCOCCCl. The first-order valence-corrected chi connectivity index (χ1v) is 4.68. The molecule has 0 aromatic heterocycles. The molecule has 1 N–H and O–H groups in total. The highest BCUT2D eigenvalue weighted by Crippen LogP contribution is 1.84. The second-order valence-electron chi connectivity index (χ2n) is 2.76. The van der Waals surface area contributed by atoms with Crippen LogP contribution in [0, 0.1) is 0 Å². The summed E-state index contributed by atoms with van der Waals surface area (Å²) < 4.78 is 5.19. The van der Waals surface area contributed by atoms with Gasteiger partial charge in [0.25, 0.3) is 0 Å². The largest absolute Gasteiger partial charge is 0.380 e. The fourth-order valence-electron chi connectivity index (χ4n) is 0.722. The van der Waals surface area contributed by atoms with Crippen LogP contribution in [0.25, 0.3) is 0 Å². The highest BCUT2D eigenvalue weighted by atomic mass is 35.5. The Morgan fingerprint density at radius 2 is 2.09 bits per heavy atom. The van der Waals surface area contributed by atoms with Crippen molar-refractivity contribution in [2.24, 2.45) is 0 Å². The Labute approximate surface area is 74.3 Å². The van der Waals surface area contributed by atoms with Gasteiger partial charge in [-0.05, 0) is 13.0 Å². The molecule has 68 valence electrons. The second-order valence-corrected chi connectivity index (χ2v) is 3.14. The maximum Gasteiger partial charge on any atom is 0.0601 e. The lowest BCUT2D eigenvalue weighted by Gasteiger charge is -2.07. The summed E-state index contributed by atoms with van der Waals surface area (Å²) in [6.07, 6.45) is 1.06. The van der Waals surface area contributed by atoms with E-state index in [9.17, 15) is 0 Å². The van der Waals surface area contributed by atoms with Crippen LogP contribution in [0.4, 0.5) is 0 Å². The molecule has 0 bridgehead atoms. The minimum absolute atomic E-state index is 0.572. The summed E-state index contributed by atoms with van der Waals surface area (Å²) >= 11 is 5.42. The van der Waals surface area contributed by atoms with Gasteiger partial charge < -0.3 is 10.1 Å². The van der Waals surface area contributed by atoms with E-state index in [2.05, 4.69) is 19.2 Å². The van der Waals surface area contributed by atoms with Gasteiger partial charge in [-0.25, -0.2) is 0 Å². The van der Waals surface area contributed by atoms with Crippen molar-refractivity contribution in [1.29, 1.82) is 0 Å². The molecule has 3 heteroatoms. The maximum atomic E-state index is 5.42. The van der Waals surface area contributed by atoms with Crippen LogP contribution in [-0.2, 0) is 4.74 Å². The third-order valence-corrected chi connectivity index (χ3v) is 1.39. The molecule has 0 saturated carbocycles. The minimum Gasteiger partial charge on any atom is -0.380 e. The van der Waals surface area contributed by atoms with Crippen molar-refractivity contribution in [1.82, 2.24) is 5.32 Å². The summed E-state index contributed by atoms with van der Waals surface area (Å²) in [7, 11) is 0. The first kappa shape index (κ1) is 11.2. The normalized spacial score (nSPS) is 10.9. The van der Waals surface area contributed by atoms with Gasteiger partial charge in [0.2, 0.25) is 0 Å². The quantitative estimate of drug-likeness (QED) is 0.474. The van der Waals surface area contributed by atoms with Gasteiger partial charge in [0.1, 0.15) is 0 Å². The van der Waals surface area contributed by atoms with E-state index in [-0.39, 0.29) is 0 Å². The fourth-order valence-corrected chi connectivity index (χ4v) is 0.831. The summed E-state index contributed by atoms with van der Waals surface area (Å²) in [6, 6.07) is 0.572. The lowest BCUT2D eigenvalue weighted by molar-refractivity contribution is 0.146. The van der Waals surface area contributed by atoms with Crippen LogP contribution in [0.15, 0.2) is 0 Å². The summed E-state index contributed by atoms with van der Waals surface area (Å²) in [4.78, 5) is 0. The molecule has 0 saturated heterocycles. The number of halogens is 1. The molecule has 0 amide bonds. The summed E-state index contributed by atoms with van der Waals surface area (Å²) in [6.45, 7) is 6.79. The lowest BCUT2D eigenvalue weighted by Crippen LogP contribution is -2.24. The van der Waals surface area contributed by atoms with Gasteiger partial charge in [-0.15, -0.1) is 11.6 Å². The van der Waals surface area contributed by atoms with Crippen LogP contribution < -0.4 is 5.32 Å². The Morgan fingerprint density at radius 3 is 2.64 bits per heavy atom. The zero-order valence-electron chi connectivity index (χ0n) is 7.40. The Morgan fingerprint density at radius 1 is 1.36 bits per heavy atom. The van der Waals surface area contributed by atoms with Gasteiger partial charge in [-0.3, -0.25) is 0 Å². The molecule has 0 aliphatic rings. The van der Waals surface area contributed by atoms with Crippen LogP contribution in [-0.4, -0.2) is 31.7 Å². The highest BCUT2D eigenvalue weighted by molar-refractivity contribution is 6.17. The molecular formula is C8H18ClNO. The van der Waals surface area contributed by atoms with Gasteiger partial charge >= 0.3 is 0 Å². The van der Waals surface area contributed by atoms with E-state index in [1.165, 1.54) is 0 Å². The summed E-state index contributed by atoms with van der Waals surface area (Å²) in [5.41, 5.74) is 0. The molecule has 0 unspecified atom stereocenters. The Kier molecular flexibility index (Phi) is 8.47. The van der Waals surface area contributed by atoms with Crippen LogP contribution in [0.5, 0.6) is 0 Å². The predicted molar refractivity (Wildman–Crippen MR) is 49.3 cm³/mol. The van der Waals surface area contributed by atoms with Crippen LogP contribution in [0.3, 0.4) is 0 Å². The number of rotatable bonds is 7. The van der Waals surface area contributed by atoms with Crippen LogP contribution >= 0.6 is 11.6 Å². The molecule has 0 aliphatic heterocycles. The highest BCUT2D eigenvalue weighted by Gasteiger charge is 1.91. The van der Waals surface area contributed by atoms with Crippen molar-refractivity contribution in [3.8, 4) is 0 Å². The van der Waals surface area contributed by atoms with E-state index in [0.717, 1.165) is 19.6 Å². The third-order valence-electron chi connectivity index (χ3n) is 1.24. The van der Waals surface area contributed by atoms with E-state index in [0.29, 0.717) is 18.5 Å². The number of hydrogen-bond acceptors (Lipinski definition) is 2. The molecule has 0 rings (SSSR count). The van der Waals surface area contributed by atoms with Crippen molar-refractivity contribution in [2.45, 2.75) is 26.3 Å². The zero-order valence-corrected chi connectivity index (χ0v) is 8.16. The van der Waals surface area contributed by atoms with Gasteiger partial charge in [-0.2, -0.15) is 0 Å². The Hall–Kier alpha value is 0.210. The first-order chi connectivity index (χ1) is 5.27. The van der Waals surface area contributed by atoms with E-state index in [4.69, 9.17) is 16.3 Å². The summed E-state index contributed by atoms with van der Waals surface area (Å²) in [5.74, 6) is 0.595. The number of ether oxygens (including phenoxy) is 1. The number of alkyl halides is 1. The molecule has 0 spiro atoms. The summed E-state index contributed by atoms with van der Waals surface area (Å²) in [5, 5.41) is 3.31. The minimum atomic E-state index is 0.572. The predicted octanol–water partition coefficient (Wildman–Crippen LogP) is 1.63. The maximum absolute atomic E-state index is 5.42. The third kappa shape index (κ3) is 10.2. The Balaban J connectivity index is 2.80. The smallest absolute Gasteiger partial charge is 0.0601 e. The monoisotopic (exact) mass is 179 g/mol. The molecule has 0 radical (unpaired) electrons.